The topological polar surface area (TPSA) is 81.2 Å². The van der Waals surface area contributed by atoms with Crippen LogP contribution in [0.1, 0.15) is 23.2 Å². The molecule has 5 rings (SSSR count). The zero-order valence-corrected chi connectivity index (χ0v) is 20.0. The minimum Gasteiger partial charge on any atom is -0.493 e. The normalized spacial score (nSPS) is 18.1. The monoisotopic (exact) mass is 475 g/mol. The zero-order valence-electron chi connectivity index (χ0n) is 20.0. The zero-order chi connectivity index (χ0) is 24.4. The summed E-state index contributed by atoms with van der Waals surface area (Å²) in [6, 6.07) is 15.1. The number of methoxy groups -OCH3 is 2. The molecule has 8 heteroatoms. The highest BCUT2D eigenvalue weighted by atomic mass is 16.5. The van der Waals surface area contributed by atoms with Crippen LogP contribution in [0.25, 0.3) is 22.2 Å². The van der Waals surface area contributed by atoms with Crippen LogP contribution in [-0.4, -0.2) is 79.7 Å². The Balaban J connectivity index is 1.42. The Labute approximate surface area is 204 Å². The van der Waals surface area contributed by atoms with Gasteiger partial charge in [0.2, 0.25) is 0 Å². The first-order chi connectivity index (χ1) is 17.1. The number of ether oxygens (including phenoxy) is 3. The molecule has 0 radical (unpaired) electrons. The number of aromatic nitrogens is 1. The summed E-state index contributed by atoms with van der Waals surface area (Å²) in [5.74, 6) is 1.21. The lowest BCUT2D eigenvalue weighted by molar-refractivity contribution is -0.142. The van der Waals surface area contributed by atoms with Crippen molar-refractivity contribution < 1.29 is 23.8 Å². The highest BCUT2D eigenvalue weighted by Gasteiger charge is 2.32. The van der Waals surface area contributed by atoms with Crippen molar-refractivity contribution in [3.05, 3.63) is 54.1 Å². The maximum Gasteiger partial charge on any atom is 0.254 e. The highest BCUT2D eigenvalue weighted by molar-refractivity contribution is 6.07. The average Bonchev–Trinajstić information content (AvgIpc) is 3.46. The second-order valence-corrected chi connectivity index (χ2v) is 8.76. The molecule has 1 unspecified atom stereocenters. The van der Waals surface area contributed by atoms with E-state index in [0.717, 1.165) is 29.3 Å². The summed E-state index contributed by atoms with van der Waals surface area (Å²) in [6.07, 6.45) is 1.37. The van der Waals surface area contributed by atoms with Crippen LogP contribution in [0.3, 0.4) is 0 Å². The van der Waals surface area contributed by atoms with Crippen molar-refractivity contribution in [3.8, 4) is 22.8 Å². The summed E-state index contributed by atoms with van der Waals surface area (Å²) < 4.78 is 16.4. The molecule has 0 N–H and O–H groups in total. The lowest BCUT2D eigenvalue weighted by Crippen LogP contribution is -2.52. The molecule has 3 aromatic rings. The van der Waals surface area contributed by atoms with Gasteiger partial charge in [0.25, 0.3) is 11.8 Å². The minimum atomic E-state index is -0.328. The Morgan fingerprint density at radius 2 is 1.69 bits per heavy atom. The number of amides is 2. The van der Waals surface area contributed by atoms with Crippen LogP contribution in [0.4, 0.5) is 0 Å². The molecule has 2 fully saturated rings. The molecule has 2 saturated heterocycles. The maximum atomic E-state index is 13.7. The van der Waals surface area contributed by atoms with E-state index in [1.54, 1.807) is 14.2 Å². The number of hydrogen-bond donors (Lipinski definition) is 0. The van der Waals surface area contributed by atoms with E-state index in [1.165, 1.54) is 0 Å². The van der Waals surface area contributed by atoms with Crippen molar-refractivity contribution in [2.45, 2.75) is 18.9 Å². The second-order valence-electron chi connectivity index (χ2n) is 8.76. The quantitative estimate of drug-likeness (QED) is 0.563. The van der Waals surface area contributed by atoms with Crippen molar-refractivity contribution in [2.24, 2.45) is 0 Å². The summed E-state index contributed by atoms with van der Waals surface area (Å²) >= 11 is 0. The Kier molecular flexibility index (Phi) is 6.55. The number of rotatable bonds is 5. The van der Waals surface area contributed by atoms with Crippen LogP contribution in [0.15, 0.2) is 48.5 Å². The molecule has 0 aliphatic carbocycles. The van der Waals surface area contributed by atoms with E-state index >= 15 is 0 Å². The first kappa shape index (κ1) is 23.1. The first-order valence-electron chi connectivity index (χ1n) is 11.9. The van der Waals surface area contributed by atoms with Gasteiger partial charge in [-0.2, -0.15) is 0 Å². The SMILES string of the molecule is COc1ccc(-c2cc(C(=O)N3CCN(C(=O)C4CCCO4)CC3)c3ccccc3n2)cc1OC. The van der Waals surface area contributed by atoms with Crippen LogP contribution in [-0.2, 0) is 9.53 Å². The van der Waals surface area contributed by atoms with Crippen LogP contribution in [0.5, 0.6) is 11.5 Å². The molecular formula is C27H29N3O5. The highest BCUT2D eigenvalue weighted by Crippen LogP contribution is 2.33. The van der Waals surface area contributed by atoms with E-state index in [9.17, 15) is 9.59 Å². The molecule has 1 aromatic heterocycles. The number of hydrogen-bond acceptors (Lipinski definition) is 6. The van der Waals surface area contributed by atoms with Gasteiger partial charge in [-0.3, -0.25) is 9.59 Å². The summed E-state index contributed by atoms with van der Waals surface area (Å²) in [7, 11) is 3.18. The van der Waals surface area contributed by atoms with E-state index in [4.69, 9.17) is 19.2 Å². The predicted octanol–water partition coefficient (Wildman–Crippen LogP) is 3.38. The maximum absolute atomic E-state index is 13.7. The molecule has 0 saturated carbocycles. The number of fused-ring (bicyclic) bond motifs is 1. The predicted molar refractivity (Wildman–Crippen MR) is 132 cm³/mol. The van der Waals surface area contributed by atoms with Crippen LogP contribution < -0.4 is 9.47 Å². The molecular weight excluding hydrogens is 446 g/mol. The summed E-state index contributed by atoms with van der Waals surface area (Å²) in [4.78, 5) is 34.8. The number of nitrogens with zero attached hydrogens (tertiary/aromatic N) is 3. The Hall–Kier alpha value is -3.65. The van der Waals surface area contributed by atoms with Gasteiger partial charge < -0.3 is 24.0 Å². The molecule has 2 aliphatic heterocycles. The standard InChI is InChI=1S/C27H29N3O5/c1-33-23-10-9-18(16-25(23)34-2)22-17-20(19-6-3-4-7-21(19)28-22)26(31)29-11-13-30(14-12-29)27(32)24-8-5-15-35-24/h3-4,6-7,9-10,16-17,24H,5,8,11-15H2,1-2H3. The fourth-order valence-electron chi connectivity index (χ4n) is 4.77. The van der Waals surface area contributed by atoms with Gasteiger partial charge in [0.1, 0.15) is 6.10 Å². The first-order valence-corrected chi connectivity index (χ1v) is 11.9. The van der Waals surface area contributed by atoms with E-state index in [1.807, 2.05) is 58.3 Å². The van der Waals surface area contributed by atoms with Gasteiger partial charge in [-0.15, -0.1) is 0 Å². The lowest BCUT2D eigenvalue weighted by atomic mass is 10.0. The van der Waals surface area contributed by atoms with Crippen LogP contribution in [0, 0.1) is 0 Å². The third kappa shape index (κ3) is 4.53. The van der Waals surface area contributed by atoms with Crippen LogP contribution >= 0.6 is 0 Å². The van der Waals surface area contributed by atoms with Gasteiger partial charge in [-0.1, -0.05) is 18.2 Å². The average molecular weight is 476 g/mol. The number of para-hydroxylation sites is 1. The molecule has 3 heterocycles. The Bertz CT molecular complexity index is 1250. The second kappa shape index (κ2) is 9.92. The summed E-state index contributed by atoms with van der Waals surface area (Å²) in [5.41, 5.74) is 2.85. The summed E-state index contributed by atoms with van der Waals surface area (Å²) in [5, 5.41) is 0.805. The number of benzene rings is 2. The lowest BCUT2D eigenvalue weighted by Gasteiger charge is -2.36. The number of carbonyl (C=O) groups excluding carboxylic acids is 2. The molecule has 0 bridgehead atoms. The van der Waals surface area contributed by atoms with Crippen molar-refractivity contribution in [1.29, 1.82) is 0 Å². The summed E-state index contributed by atoms with van der Waals surface area (Å²) in [6.45, 7) is 2.64. The van der Waals surface area contributed by atoms with Gasteiger partial charge in [-0.25, -0.2) is 4.98 Å². The molecule has 182 valence electrons. The van der Waals surface area contributed by atoms with Crippen molar-refractivity contribution in [2.75, 3.05) is 47.0 Å². The van der Waals surface area contributed by atoms with Gasteiger partial charge in [0.05, 0.1) is 31.0 Å². The van der Waals surface area contributed by atoms with E-state index < -0.39 is 0 Å². The smallest absolute Gasteiger partial charge is 0.254 e. The van der Waals surface area contributed by atoms with Gasteiger partial charge in [0, 0.05) is 43.7 Å². The number of piperazine rings is 1. The van der Waals surface area contributed by atoms with Gasteiger partial charge in [0.15, 0.2) is 11.5 Å². The molecule has 35 heavy (non-hydrogen) atoms. The largest absolute Gasteiger partial charge is 0.493 e. The Morgan fingerprint density at radius 1 is 0.943 bits per heavy atom. The third-order valence-electron chi connectivity index (χ3n) is 6.71. The molecule has 0 spiro atoms. The van der Waals surface area contributed by atoms with E-state index in [-0.39, 0.29) is 17.9 Å². The Morgan fingerprint density at radius 3 is 2.40 bits per heavy atom. The molecule has 1 atom stereocenters. The van der Waals surface area contributed by atoms with Gasteiger partial charge in [-0.05, 0) is 43.2 Å². The van der Waals surface area contributed by atoms with Crippen molar-refractivity contribution >= 4 is 22.7 Å². The number of carbonyl (C=O) groups is 2. The van der Waals surface area contributed by atoms with E-state index in [0.29, 0.717) is 55.5 Å². The number of pyridine rings is 1. The van der Waals surface area contributed by atoms with E-state index in [2.05, 4.69) is 0 Å². The molecule has 2 aromatic carbocycles. The van der Waals surface area contributed by atoms with Crippen LogP contribution in [0.2, 0.25) is 0 Å². The minimum absolute atomic E-state index is 0.0414. The fourth-order valence-corrected chi connectivity index (χ4v) is 4.77. The molecule has 2 aliphatic rings. The molecule has 2 amide bonds. The fraction of sp³-hybridized carbons (Fsp3) is 0.370. The van der Waals surface area contributed by atoms with Crippen molar-refractivity contribution in [3.63, 3.8) is 0 Å². The molecule has 8 nitrogen and oxygen atoms in total. The third-order valence-corrected chi connectivity index (χ3v) is 6.71. The van der Waals surface area contributed by atoms with Gasteiger partial charge >= 0.3 is 0 Å². The van der Waals surface area contributed by atoms with Crippen molar-refractivity contribution in [1.82, 2.24) is 14.8 Å².